The lowest BCUT2D eigenvalue weighted by Gasteiger charge is -2.10. The molecule has 0 N–H and O–H groups in total. The third-order valence-corrected chi connectivity index (χ3v) is 2.77. The van der Waals surface area contributed by atoms with Crippen LogP contribution >= 0.6 is 11.6 Å². The quantitative estimate of drug-likeness (QED) is 0.810. The number of hydrogen-bond acceptors (Lipinski definition) is 3. The van der Waals surface area contributed by atoms with Gasteiger partial charge in [0.2, 0.25) is 0 Å². The molecule has 2 aromatic rings. The number of halogens is 1. The Bertz CT molecular complexity index is 555. The minimum Gasteiger partial charge on any atom is -0.455 e. The lowest BCUT2D eigenvalue weighted by molar-refractivity contribution is 0.474. The largest absolute Gasteiger partial charge is 0.455 e. The van der Waals surface area contributed by atoms with E-state index in [1.165, 1.54) is 0 Å². The molecule has 0 fully saturated rings. The van der Waals surface area contributed by atoms with Crippen molar-refractivity contribution in [3.63, 3.8) is 0 Å². The molecule has 2 aromatic heterocycles. The van der Waals surface area contributed by atoms with E-state index in [0.717, 1.165) is 22.8 Å². The van der Waals surface area contributed by atoms with Crippen LogP contribution in [0.15, 0.2) is 24.4 Å². The van der Waals surface area contributed by atoms with Crippen LogP contribution in [0.2, 0.25) is 5.02 Å². The Labute approximate surface area is 105 Å². The van der Waals surface area contributed by atoms with Gasteiger partial charge in [-0.1, -0.05) is 11.6 Å². The lowest BCUT2D eigenvalue weighted by Crippen LogP contribution is -1.94. The molecule has 0 atom stereocenters. The number of aromatic nitrogens is 2. The molecule has 0 amide bonds. The molecule has 0 saturated carbocycles. The highest BCUT2D eigenvalue weighted by Gasteiger charge is 2.07. The third-order valence-electron chi connectivity index (χ3n) is 2.39. The van der Waals surface area contributed by atoms with Crippen LogP contribution in [0.5, 0.6) is 11.5 Å². The molecular weight excluding hydrogens is 236 g/mol. The SMILES string of the molecule is Cc1cc(Oc2cc(Cl)c(C)nc2C)ccn1. The van der Waals surface area contributed by atoms with E-state index in [2.05, 4.69) is 9.97 Å². The van der Waals surface area contributed by atoms with E-state index in [-0.39, 0.29) is 0 Å². The Morgan fingerprint density at radius 3 is 2.59 bits per heavy atom. The van der Waals surface area contributed by atoms with Crippen molar-refractivity contribution in [2.45, 2.75) is 20.8 Å². The average Bonchev–Trinajstić information content (AvgIpc) is 2.26. The normalized spacial score (nSPS) is 10.4. The second-order valence-electron chi connectivity index (χ2n) is 3.87. The van der Waals surface area contributed by atoms with Gasteiger partial charge in [0, 0.05) is 24.0 Å². The fraction of sp³-hybridized carbons (Fsp3) is 0.231. The van der Waals surface area contributed by atoms with E-state index < -0.39 is 0 Å². The smallest absolute Gasteiger partial charge is 0.150 e. The molecule has 0 unspecified atom stereocenters. The van der Waals surface area contributed by atoms with Crippen molar-refractivity contribution in [3.8, 4) is 11.5 Å². The van der Waals surface area contributed by atoms with Gasteiger partial charge in [0.05, 0.1) is 16.4 Å². The van der Waals surface area contributed by atoms with Gasteiger partial charge in [-0.25, -0.2) is 0 Å². The summed E-state index contributed by atoms with van der Waals surface area (Å²) in [7, 11) is 0. The number of ether oxygens (including phenoxy) is 1. The summed E-state index contributed by atoms with van der Waals surface area (Å²) < 4.78 is 5.74. The number of hydrogen-bond donors (Lipinski definition) is 0. The third kappa shape index (κ3) is 2.74. The van der Waals surface area contributed by atoms with Crippen molar-refractivity contribution in [1.82, 2.24) is 9.97 Å². The van der Waals surface area contributed by atoms with Gasteiger partial charge < -0.3 is 4.74 Å². The molecule has 0 spiro atoms. The van der Waals surface area contributed by atoms with E-state index in [0.29, 0.717) is 10.8 Å². The summed E-state index contributed by atoms with van der Waals surface area (Å²) in [6.07, 6.45) is 1.71. The van der Waals surface area contributed by atoms with Crippen LogP contribution < -0.4 is 4.74 Å². The predicted octanol–water partition coefficient (Wildman–Crippen LogP) is 3.85. The summed E-state index contributed by atoms with van der Waals surface area (Å²) in [4.78, 5) is 8.43. The van der Waals surface area contributed by atoms with Crippen molar-refractivity contribution in [1.29, 1.82) is 0 Å². The Morgan fingerprint density at radius 2 is 1.88 bits per heavy atom. The van der Waals surface area contributed by atoms with Gasteiger partial charge in [0.15, 0.2) is 0 Å². The van der Waals surface area contributed by atoms with Crippen molar-refractivity contribution in [2.75, 3.05) is 0 Å². The molecule has 2 rings (SSSR count). The van der Waals surface area contributed by atoms with Crippen molar-refractivity contribution in [2.24, 2.45) is 0 Å². The highest BCUT2D eigenvalue weighted by Crippen LogP contribution is 2.28. The van der Waals surface area contributed by atoms with Gasteiger partial charge in [-0.2, -0.15) is 0 Å². The molecular formula is C13H13ClN2O. The second-order valence-corrected chi connectivity index (χ2v) is 4.28. The monoisotopic (exact) mass is 248 g/mol. The van der Waals surface area contributed by atoms with Crippen LogP contribution in [-0.4, -0.2) is 9.97 Å². The molecule has 17 heavy (non-hydrogen) atoms. The lowest BCUT2D eigenvalue weighted by atomic mass is 10.3. The molecule has 2 heterocycles. The van der Waals surface area contributed by atoms with Crippen molar-refractivity contribution in [3.05, 3.63) is 46.5 Å². The summed E-state index contributed by atoms with van der Waals surface area (Å²) in [5.41, 5.74) is 2.54. The molecule has 0 bridgehead atoms. The molecule has 0 aromatic carbocycles. The Balaban J connectivity index is 2.33. The van der Waals surface area contributed by atoms with Crippen LogP contribution in [0, 0.1) is 20.8 Å². The van der Waals surface area contributed by atoms with E-state index in [1.807, 2.05) is 26.8 Å². The molecule has 0 aliphatic carbocycles. The maximum Gasteiger partial charge on any atom is 0.150 e. The summed E-state index contributed by atoms with van der Waals surface area (Å²) >= 11 is 6.03. The molecule has 88 valence electrons. The first-order valence-electron chi connectivity index (χ1n) is 5.30. The van der Waals surface area contributed by atoms with E-state index >= 15 is 0 Å². The van der Waals surface area contributed by atoms with E-state index in [1.54, 1.807) is 18.3 Å². The zero-order valence-electron chi connectivity index (χ0n) is 9.99. The number of aryl methyl sites for hydroxylation is 3. The first kappa shape index (κ1) is 11.9. The topological polar surface area (TPSA) is 35.0 Å². The minimum absolute atomic E-state index is 0.608. The van der Waals surface area contributed by atoms with E-state index in [9.17, 15) is 0 Å². The highest BCUT2D eigenvalue weighted by molar-refractivity contribution is 6.31. The van der Waals surface area contributed by atoms with Crippen LogP contribution in [0.1, 0.15) is 17.1 Å². The van der Waals surface area contributed by atoms with Crippen LogP contribution in [-0.2, 0) is 0 Å². The van der Waals surface area contributed by atoms with Gasteiger partial charge in [-0.3, -0.25) is 9.97 Å². The fourth-order valence-corrected chi connectivity index (χ4v) is 1.64. The molecule has 0 aliphatic rings. The second kappa shape index (κ2) is 4.72. The van der Waals surface area contributed by atoms with Crippen LogP contribution in [0.4, 0.5) is 0 Å². The fourth-order valence-electron chi connectivity index (χ4n) is 1.50. The number of pyridine rings is 2. The van der Waals surface area contributed by atoms with Crippen LogP contribution in [0.3, 0.4) is 0 Å². The maximum absolute atomic E-state index is 6.03. The van der Waals surface area contributed by atoms with Crippen molar-refractivity contribution >= 4 is 11.6 Å². The van der Waals surface area contributed by atoms with Gasteiger partial charge in [0.1, 0.15) is 11.5 Å². The Kier molecular flexibility index (Phi) is 3.29. The predicted molar refractivity (Wildman–Crippen MR) is 67.8 cm³/mol. The molecule has 0 saturated heterocycles. The summed E-state index contributed by atoms with van der Waals surface area (Å²) in [6, 6.07) is 5.46. The number of nitrogens with zero attached hydrogens (tertiary/aromatic N) is 2. The molecule has 3 nitrogen and oxygen atoms in total. The Morgan fingerprint density at radius 1 is 1.12 bits per heavy atom. The highest BCUT2D eigenvalue weighted by atomic mass is 35.5. The maximum atomic E-state index is 6.03. The molecule has 0 radical (unpaired) electrons. The summed E-state index contributed by atoms with van der Waals surface area (Å²) in [5, 5.41) is 0.608. The van der Waals surface area contributed by atoms with Gasteiger partial charge in [0.25, 0.3) is 0 Å². The average molecular weight is 249 g/mol. The first-order valence-corrected chi connectivity index (χ1v) is 5.68. The zero-order valence-corrected chi connectivity index (χ0v) is 10.7. The molecule has 4 heteroatoms. The zero-order chi connectivity index (χ0) is 12.4. The van der Waals surface area contributed by atoms with E-state index in [4.69, 9.17) is 16.3 Å². The van der Waals surface area contributed by atoms with Gasteiger partial charge in [-0.15, -0.1) is 0 Å². The van der Waals surface area contributed by atoms with Crippen molar-refractivity contribution < 1.29 is 4.74 Å². The summed E-state index contributed by atoms with van der Waals surface area (Å²) in [6.45, 7) is 5.68. The van der Waals surface area contributed by atoms with Gasteiger partial charge >= 0.3 is 0 Å². The minimum atomic E-state index is 0.608. The summed E-state index contributed by atoms with van der Waals surface area (Å²) in [5.74, 6) is 1.41. The number of rotatable bonds is 2. The van der Waals surface area contributed by atoms with Crippen LogP contribution in [0.25, 0.3) is 0 Å². The standard InChI is InChI=1S/C13H13ClN2O/c1-8-6-11(4-5-15-8)17-13-7-12(14)9(2)16-10(13)3/h4-7H,1-3H3. The van der Waals surface area contributed by atoms with Gasteiger partial charge in [-0.05, 0) is 26.8 Å². The first-order chi connectivity index (χ1) is 8.06. The Hall–Kier alpha value is -1.61. The molecule has 0 aliphatic heterocycles.